The van der Waals surface area contributed by atoms with Crippen molar-refractivity contribution in [2.75, 3.05) is 7.11 Å². The highest BCUT2D eigenvalue weighted by atomic mass is 35.5. The SMILES string of the molecule is COc1cc(F)c(C(C)O)cc1Cl. The molecule has 1 rings (SSSR count). The van der Waals surface area contributed by atoms with Crippen LogP contribution in [0.25, 0.3) is 0 Å². The van der Waals surface area contributed by atoms with Crippen molar-refractivity contribution in [3.05, 3.63) is 28.5 Å². The van der Waals surface area contributed by atoms with E-state index < -0.39 is 11.9 Å². The second-order valence-electron chi connectivity index (χ2n) is 2.68. The van der Waals surface area contributed by atoms with Crippen LogP contribution in [0, 0.1) is 5.82 Å². The summed E-state index contributed by atoms with van der Waals surface area (Å²) in [4.78, 5) is 0. The average Bonchev–Trinajstić information content (AvgIpc) is 2.07. The lowest BCUT2D eigenvalue weighted by atomic mass is 10.1. The van der Waals surface area contributed by atoms with Crippen molar-refractivity contribution >= 4 is 11.6 Å². The van der Waals surface area contributed by atoms with Gasteiger partial charge in [0.2, 0.25) is 0 Å². The molecular weight excluding hydrogens is 195 g/mol. The zero-order chi connectivity index (χ0) is 10.0. The molecule has 0 heterocycles. The number of rotatable bonds is 2. The summed E-state index contributed by atoms with van der Waals surface area (Å²) in [6, 6.07) is 2.52. The molecule has 4 heteroatoms. The van der Waals surface area contributed by atoms with E-state index in [1.54, 1.807) is 0 Å². The Morgan fingerprint density at radius 3 is 2.62 bits per heavy atom. The van der Waals surface area contributed by atoms with Crippen LogP contribution in [0.5, 0.6) is 5.75 Å². The zero-order valence-electron chi connectivity index (χ0n) is 7.34. The Morgan fingerprint density at radius 2 is 2.15 bits per heavy atom. The second kappa shape index (κ2) is 3.94. The predicted molar refractivity (Wildman–Crippen MR) is 48.6 cm³/mol. The standard InChI is InChI=1S/C9H10ClFO2/c1-5(12)6-3-7(10)9(13-2)4-8(6)11/h3-5,12H,1-2H3. The van der Waals surface area contributed by atoms with Gasteiger partial charge in [-0.1, -0.05) is 11.6 Å². The molecule has 0 saturated carbocycles. The number of methoxy groups -OCH3 is 1. The van der Waals surface area contributed by atoms with Crippen LogP contribution >= 0.6 is 11.6 Å². The first kappa shape index (κ1) is 10.3. The van der Waals surface area contributed by atoms with Gasteiger partial charge in [0.15, 0.2) is 0 Å². The molecule has 0 fully saturated rings. The molecule has 1 aromatic rings. The lowest BCUT2D eigenvalue weighted by molar-refractivity contribution is 0.194. The van der Waals surface area contributed by atoms with Crippen LogP contribution in [0.1, 0.15) is 18.6 Å². The highest BCUT2D eigenvalue weighted by Gasteiger charge is 2.12. The minimum atomic E-state index is -0.872. The highest BCUT2D eigenvalue weighted by Crippen LogP contribution is 2.29. The van der Waals surface area contributed by atoms with Crippen molar-refractivity contribution in [1.29, 1.82) is 0 Å². The maximum absolute atomic E-state index is 13.2. The van der Waals surface area contributed by atoms with Gasteiger partial charge in [-0.05, 0) is 13.0 Å². The lowest BCUT2D eigenvalue weighted by Gasteiger charge is -2.09. The van der Waals surface area contributed by atoms with E-state index in [1.165, 1.54) is 20.1 Å². The quantitative estimate of drug-likeness (QED) is 0.802. The fourth-order valence-corrected chi connectivity index (χ4v) is 1.27. The minimum absolute atomic E-state index is 0.172. The van der Waals surface area contributed by atoms with Crippen molar-refractivity contribution in [3.63, 3.8) is 0 Å². The number of hydrogen-bond acceptors (Lipinski definition) is 2. The summed E-state index contributed by atoms with van der Waals surface area (Å²) >= 11 is 5.74. The highest BCUT2D eigenvalue weighted by molar-refractivity contribution is 6.32. The van der Waals surface area contributed by atoms with E-state index in [9.17, 15) is 4.39 Å². The molecule has 2 nitrogen and oxygen atoms in total. The summed E-state index contributed by atoms with van der Waals surface area (Å²) in [7, 11) is 1.41. The summed E-state index contributed by atoms with van der Waals surface area (Å²) in [5.41, 5.74) is 0.172. The van der Waals surface area contributed by atoms with Crippen LogP contribution in [0.3, 0.4) is 0 Å². The third kappa shape index (κ3) is 2.11. The second-order valence-corrected chi connectivity index (χ2v) is 3.09. The monoisotopic (exact) mass is 204 g/mol. The fraction of sp³-hybridized carbons (Fsp3) is 0.333. The molecule has 0 aliphatic rings. The van der Waals surface area contributed by atoms with Crippen molar-refractivity contribution < 1.29 is 14.2 Å². The van der Waals surface area contributed by atoms with Gasteiger partial charge in [-0.2, -0.15) is 0 Å². The van der Waals surface area contributed by atoms with E-state index in [4.69, 9.17) is 21.4 Å². The van der Waals surface area contributed by atoms with Crippen molar-refractivity contribution in [2.45, 2.75) is 13.0 Å². The number of aliphatic hydroxyl groups is 1. The molecule has 1 atom stereocenters. The van der Waals surface area contributed by atoms with Gasteiger partial charge in [0.05, 0.1) is 18.2 Å². The molecule has 0 bridgehead atoms. The first-order valence-corrected chi connectivity index (χ1v) is 4.15. The zero-order valence-corrected chi connectivity index (χ0v) is 8.10. The van der Waals surface area contributed by atoms with Gasteiger partial charge < -0.3 is 9.84 Å². The molecule has 1 unspecified atom stereocenters. The van der Waals surface area contributed by atoms with Crippen LogP contribution < -0.4 is 4.74 Å². The first-order valence-electron chi connectivity index (χ1n) is 3.77. The topological polar surface area (TPSA) is 29.5 Å². The Kier molecular flexibility index (Phi) is 3.12. The van der Waals surface area contributed by atoms with Crippen molar-refractivity contribution in [1.82, 2.24) is 0 Å². The van der Waals surface area contributed by atoms with Crippen molar-refractivity contribution in [3.8, 4) is 5.75 Å². The maximum atomic E-state index is 13.2. The third-order valence-corrected chi connectivity index (χ3v) is 2.02. The summed E-state index contributed by atoms with van der Waals surface area (Å²) in [6.45, 7) is 1.47. The summed E-state index contributed by atoms with van der Waals surface area (Å²) in [6.07, 6.45) is -0.872. The van der Waals surface area contributed by atoms with Crippen LogP contribution in [0.15, 0.2) is 12.1 Å². The Morgan fingerprint density at radius 1 is 1.54 bits per heavy atom. The Labute approximate surface area is 80.9 Å². The van der Waals surface area contributed by atoms with Crippen LogP contribution in [0.4, 0.5) is 4.39 Å². The lowest BCUT2D eigenvalue weighted by Crippen LogP contribution is -1.97. The van der Waals surface area contributed by atoms with Gasteiger partial charge in [-0.15, -0.1) is 0 Å². The number of halogens is 2. The number of benzene rings is 1. The average molecular weight is 205 g/mol. The smallest absolute Gasteiger partial charge is 0.140 e. The fourth-order valence-electron chi connectivity index (χ4n) is 1.02. The van der Waals surface area contributed by atoms with E-state index >= 15 is 0 Å². The predicted octanol–water partition coefficient (Wildman–Crippen LogP) is 2.54. The molecule has 0 aliphatic carbocycles. The van der Waals surface area contributed by atoms with Crippen LogP contribution in [-0.2, 0) is 0 Å². The van der Waals surface area contributed by atoms with Crippen LogP contribution in [0.2, 0.25) is 5.02 Å². The molecular formula is C9H10ClFO2. The van der Waals surface area contributed by atoms with E-state index in [2.05, 4.69) is 0 Å². The van der Waals surface area contributed by atoms with Gasteiger partial charge in [-0.3, -0.25) is 0 Å². The summed E-state index contributed by atoms with van der Waals surface area (Å²) in [5, 5.41) is 9.44. The normalized spacial score (nSPS) is 12.7. The van der Waals surface area contributed by atoms with E-state index in [-0.39, 0.29) is 11.3 Å². The van der Waals surface area contributed by atoms with Gasteiger partial charge in [-0.25, -0.2) is 4.39 Å². The van der Waals surface area contributed by atoms with E-state index in [0.717, 1.165) is 6.07 Å². The van der Waals surface area contributed by atoms with E-state index in [0.29, 0.717) is 5.02 Å². The molecule has 0 amide bonds. The Bertz CT molecular complexity index is 313. The molecule has 72 valence electrons. The maximum Gasteiger partial charge on any atom is 0.140 e. The Hall–Kier alpha value is -0.800. The Balaban J connectivity index is 3.20. The minimum Gasteiger partial charge on any atom is -0.495 e. The van der Waals surface area contributed by atoms with Gasteiger partial charge >= 0.3 is 0 Å². The summed E-state index contributed by atoms with van der Waals surface area (Å²) in [5.74, 6) is -0.250. The van der Waals surface area contributed by atoms with Crippen LogP contribution in [-0.4, -0.2) is 12.2 Å². The molecule has 0 saturated heterocycles. The third-order valence-electron chi connectivity index (χ3n) is 1.72. The van der Waals surface area contributed by atoms with Gasteiger partial charge in [0.1, 0.15) is 11.6 Å². The van der Waals surface area contributed by atoms with Crippen molar-refractivity contribution in [2.24, 2.45) is 0 Å². The van der Waals surface area contributed by atoms with Gasteiger partial charge in [0, 0.05) is 11.6 Å². The van der Waals surface area contributed by atoms with Gasteiger partial charge in [0.25, 0.3) is 0 Å². The number of ether oxygens (including phenoxy) is 1. The molecule has 1 aromatic carbocycles. The summed E-state index contributed by atoms with van der Waals surface area (Å²) < 4.78 is 18.0. The molecule has 1 N–H and O–H groups in total. The molecule has 13 heavy (non-hydrogen) atoms. The first-order chi connectivity index (χ1) is 6.06. The van der Waals surface area contributed by atoms with E-state index in [1.807, 2.05) is 0 Å². The largest absolute Gasteiger partial charge is 0.495 e. The molecule has 0 aliphatic heterocycles. The number of hydrogen-bond donors (Lipinski definition) is 1. The number of aliphatic hydroxyl groups excluding tert-OH is 1. The molecule has 0 radical (unpaired) electrons. The molecule has 0 spiro atoms. The molecule has 0 aromatic heterocycles.